The minimum absolute atomic E-state index is 0.0391. The van der Waals surface area contributed by atoms with Gasteiger partial charge in [0.05, 0.1) is 42.1 Å². The summed E-state index contributed by atoms with van der Waals surface area (Å²) in [4.78, 5) is 29.1. The van der Waals surface area contributed by atoms with Crippen LogP contribution in [-0.4, -0.2) is 54.4 Å². The number of fused-ring (bicyclic) bond motifs is 2. The number of amides is 1. The summed E-state index contributed by atoms with van der Waals surface area (Å²) >= 11 is 0. The average molecular weight is 587 g/mol. The van der Waals surface area contributed by atoms with E-state index in [1.165, 1.54) is 12.5 Å². The van der Waals surface area contributed by atoms with Crippen LogP contribution in [0, 0.1) is 6.92 Å². The van der Waals surface area contributed by atoms with E-state index in [1.54, 1.807) is 58.2 Å². The van der Waals surface area contributed by atoms with Gasteiger partial charge in [-0.2, -0.15) is 8.78 Å². The number of hydrogen-bond acceptors (Lipinski definition) is 9. The highest BCUT2D eigenvalue weighted by Gasteiger charge is 2.50. The van der Waals surface area contributed by atoms with E-state index in [9.17, 15) is 22.0 Å². The summed E-state index contributed by atoms with van der Waals surface area (Å²) in [6.45, 7) is 6.93. The van der Waals surface area contributed by atoms with Crippen LogP contribution >= 0.6 is 0 Å². The third-order valence-corrected chi connectivity index (χ3v) is 7.65. The first-order chi connectivity index (χ1) is 19.1. The number of alkyl halides is 2. The minimum atomic E-state index is -3.29. The maximum absolute atomic E-state index is 14.9. The van der Waals surface area contributed by atoms with E-state index in [2.05, 4.69) is 15.3 Å². The molecule has 0 aliphatic carbocycles. The van der Waals surface area contributed by atoms with Gasteiger partial charge in [0.15, 0.2) is 9.84 Å². The Morgan fingerprint density at radius 3 is 2.51 bits per heavy atom. The van der Waals surface area contributed by atoms with E-state index >= 15 is 0 Å². The number of benzene rings is 1. The summed E-state index contributed by atoms with van der Waals surface area (Å²) in [6.07, 6.45) is 4.19. The average Bonchev–Trinajstić information content (AvgIpc) is 3.15. The van der Waals surface area contributed by atoms with Gasteiger partial charge < -0.3 is 15.0 Å². The van der Waals surface area contributed by atoms with Crippen LogP contribution in [0.2, 0.25) is 0 Å². The maximum Gasteiger partial charge on any atom is 0.415 e. The molecule has 0 bridgehead atoms. The summed E-state index contributed by atoms with van der Waals surface area (Å²) < 4.78 is 58.2. The zero-order valence-electron chi connectivity index (χ0n) is 23.5. The number of hydrogen-bond donors (Lipinski definition) is 1. The number of nitrogens with one attached hydrogen (secondary N) is 1. The quantitative estimate of drug-likeness (QED) is 0.446. The second-order valence-corrected chi connectivity index (χ2v) is 13.6. The van der Waals surface area contributed by atoms with Gasteiger partial charge in [-0.05, 0) is 62.9 Å². The Hall–Kier alpha value is -3.87. The second-order valence-electron chi connectivity index (χ2n) is 11.5. The van der Waals surface area contributed by atoms with Crippen molar-refractivity contribution in [3.05, 3.63) is 64.7 Å². The highest BCUT2D eigenvalue weighted by Crippen LogP contribution is 2.46. The van der Waals surface area contributed by atoms with Crippen molar-refractivity contribution >= 4 is 38.9 Å². The molecule has 3 aromatic rings. The van der Waals surface area contributed by atoms with Gasteiger partial charge in [-0.1, -0.05) is 12.1 Å². The number of halogens is 2. The van der Waals surface area contributed by atoms with Gasteiger partial charge >= 0.3 is 12.0 Å². The fraction of sp³-hybridized carbons (Fsp3) is 0.429. The summed E-state index contributed by atoms with van der Waals surface area (Å²) in [5.74, 6) is -2.95. The number of aromatic nitrogens is 3. The Kier molecular flexibility index (Phi) is 7.13. The molecule has 4 heterocycles. The van der Waals surface area contributed by atoms with Gasteiger partial charge in [-0.3, -0.25) is 9.88 Å². The Labute approximate surface area is 237 Å². The molecule has 1 N–H and O–H groups in total. The fourth-order valence-corrected chi connectivity index (χ4v) is 5.81. The molecule has 0 saturated heterocycles. The van der Waals surface area contributed by atoms with Gasteiger partial charge in [0.1, 0.15) is 11.3 Å². The van der Waals surface area contributed by atoms with Crippen LogP contribution < -0.4 is 15.1 Å². The lowest BCUT2D eigenvalue weighted by atomic mass is 10.0. The van der Waals surface area contributed by atoms with Crippen LogP contribution in [0.4, 0.5) is 36.6 Å². The molecule has 0 fully saturated rings. The molecular weight excluding hydrogens is 554 g/mol. The van der Waals surface area contributed by atoms with E-state index in [0.29, 0.717) is 48.0 Å². The molecule has 0 radical (unpaired) electrons. The van der Waals surface area contributed by atoms with Crippen LogP contribution in [0.3, 0.4) is 0 Å². The topological polar surface area (TPSA) is 118 Å². The van der Waals surface area contributed by atoms with Gasteiger partial charge in [0.25, 0.3) is 0 Å². The largest absolute Gasteiger partial charge is 0.443 e. The molecule has 0 atom stereocenters. The van der Waals surface area contributed by atoms with Crippen molar-refractivity contribution in [1.29, 1.82) is 0 Å². The van der Waals surface area contributed by atoms with Gasteiger partial charge in [-0.25, -0.2) is 23.2 Å². The van der Waals surface area contributed by atoms with Crippen molar-refractivity contribution in [2.24, 2.45) is 0 Å². The van der Waals surface area contributed by atoms with Crippen molar-refractivity contribution in [2.75, 3.05) is 34.5 Å². The Morgan fingerprint density at radius 1 is 1.15 bits per heavy atom. The second kappa shape index (κ2) is 10.2. The number of sulfone groups is 1. The predicted molar refractivity (Wildman–Crippen MR) is 152 cm³/mol. The van der Waals surface area contributed by atoms with Crippen molar-refractivity contribution in [1.82, 2.24) is 15.0 Å². The molecule has 0 unspecified atom stereocenters. The molecule has 0 spiro atoms. The summed E-state index contributed by atoms with van der Waals surface area (Å²) in [5, 5.41) is 3.15. The number of ether oxygens (including phenoxy) is 1. The zero-order valence-corrected chi connectivity index (χ0v) is 24.3. The number of carbonyl (C=O) groups excluding carboxylic acids is 1. The minimum Gasteiger partial charge on any atom is -0.443 e. The normalized spacial score (nSPS) is 16.3. The Bertz CT molecular complexity index is 1610. The number of anilines is 4. The zero-order chi connectivity index (χ0) is 29.7. The van der Waals surface area contributed by atoms with Crippen molar-refractivity contribution in [3.8, 4) is 0 Å². The lowest BCUT2D eigenvalue weighted by molar-refractivity contribution is 0.00592. The van der Waals surface area contributed by atoms with Gasteiger partial charge in [0.2, 0.25) is 5.95 Å². The van der Waals surface area contributed by atoms with Crippen molar-refractivity contribution in [3.63, 3.8) is 0 Å². The van der Waals surface area contributed by atoms with Crippen molar-refractivity contribution < 1.29 is 26.7 Å². The van der Waals surface area contributed by atoms with Crippen LogP contribution in [0.5, 0.6) is 0 Å². The first kappa shape index (κ1) is 28.7. The molecule has 1 amide bonds. The molecule has 13 heteroatoms. The fourth-order valence-electron chi connectivity index (χ4n) is 5.01. The first-order valence-electron chi connectivity index (χ1n) is 13.1. The van der Waals surface area contributed by atoms with Gasteiger partial charge in [0, 0.05) is 24.7 Å². The lowest BCUT2D eigenvalue weighted by Crippen LogP contribution is -2.38. The maximum atomic E-state index is 14.9. The summed E-state index contributed by atoms with van der Waals surface area (Å²) in [6, 6.07) is 7.00. The third-order valence-electron chi connectivity index (χ3n) is 6.79. The van der Waals surface area contributed by atoms with Crippen LogP contribution in [0.1, 0.15) is 48.8 Å². The number of carbonyl (C=O) groups is 1. The standard InChI is InChI=1S/C28H32F2N6O4S/c1-17-22(13-31-24-23(17)36(16-28(24,29)30)26(37)40-27(2,3)4)35-11-10-19-12-32-25(34-21(19)14-35)33-20-8-6-18(7-9-20)15-41(5,38)39/h6-9,12-13H,10-11,14-16H2,1-5H3,(H,32,33,34). The summed E-state index contributed by atoms with van der Waals surface area (Å²) in [7, 11) is -3.13. The summed E-state index contributed by atoms with van der Waals surface area (Å²) in [5.41, 5.74) is 3.10. The van der Waals surface area contributed by atoms with Crippen LogP contribution in [-0.2, 0) is 39.2 Å². The molecule has 0 saturated carbocycles. The van der Waals surface area contributed by atoms with E-state index in [1.807, 2.05) is 4.90 Å². The Morgan fingerprint density at radius 2 is 1.85 bits per heavy atom. The van der Waals surface area contributed by atoms with Crippen LogP contribution in [0.15, 0.2) is 36.7 Å². The molecule has 2 aromatic heterocycles. The smallest absolute Gasteiger partial charge is 0.415 e. The number of pyridine rings is 1. The molecular formula is C28H32F2N6O4S. The molecule has 41 heavy (non-hydrogen) atoms. The molecule has 5 rings (SSSR count). The van der Waals surface area contributed by atoms with Crippen molar-refractivity contribution in [2.45, 2.75) is 57.9 Å². The SMILES string of the molecule is Cc1c(N2CCc3cnc(Nc4ccc(CS(C)(=O)=O)cc4)nc3C2)cnc2c1N(C(=O)OC(C)(C)C)CC2(F)F. The van der Waals surface area contributed by atoms with E-state index < -0.39 is 39.7 Å². The van der Waals surface area contributed by atoms with Gasteiger partial charge in [-0.15, -0.1) is 0 Å². The lowest BCUT2D eigenvalue weighted by Gasteiger charge is -2.32. The monoisotopic (exact) mass is 586 g/mol. The molecule has 218 valence electrons. The molecule has 2 aliphatic heterocycles. The number of rotatable bonds is 5. The Balaban J connectivity index is 1.38. The van der Waals surface area contributed by atoms with E-state index in [0.717, 1.165) is 16.2 Å². The van der Waals surface area contributed by atoms with E-state index in [-0.39, 0.29) is 11.4 Å². The number of nitrogens with zero attached hydrogens (tertiary/aromatic N) is 5. The van der Waals surface area contributed by atoms with Crippen LogP contribution in [0.25, 0.3) is 0 Å². The predicted octanol–water partition coefficient (Wildman–Crippen LogP) is 4.88. The molecule has 2 aliphatic rings. The van der Waals surface area contributed by atoms with E-state index in [4.69, 9.17) is 9.72 Å². The highest BCUT2D eigenvalue weighted by atomic mass is 32.2. The molecule has 1 aromatic carbocycles. The third kappa shape index (κ3) is 6.24. The first-order valence-corrected chi connectivity index (χ1v) is 15.2. The molecule has 10 nitrogen and oxygen atoms in total. The highest BCUT2D eigenvalue weighted by molar-refractivity contribution is 7.89.